The number of carbonyl (C=O) groups excluding carboxylic acids is 1. The first kappa shape index (κ1) is 24.2. The van der Waals surface area contributed by atoms with Gasteiger partial charge in [-0.2, -0.15) is 0 Å². The first-order chi connectivity index (χ1) is 17.3. The second-order valence-electron chi connectivity index (χ2n) is 9.17. The van der Waals surface area contributed by atoms with Gasteiger partial charge in [-0.1, -0.05) is 13.0 Å². The smallest absolute Gasteiger partial charge is 0.274 e. The van der Waals surface area contributed by atoms with Crippen LogP contribution in [0.1, 0.15) is 41.7 Å². The molecule has 36 heavy (non-hydrogen) atoms. The lowest BCUT2D eigenvalue weighted by Crippen LogP contribution is -2.57. The summed E-state index contributed by atoms with van der Waals surface area (Å²) in [4.78, 5) is 21.3. The first-order valence-electron chi connectivity index (χ1n) is 11.7. The molecule has 3 unspecified atom stereocenters. The number of nitrogens with zero attached hydrogens (tertiary/aromatic N) is 2. The number of carbonyl (C=O) groups is 1. The molecule has 3 heterocycles. The molecule has 0 bridgehead atoms. The number of benzene rings is 1. The molecule has 4 N–H and O–H groups in total. The SMILES string of the molecule is CC1CC(c2ccncc2NC(=O)c2ccc(F)c(-c3c(O)cccc3F)n2)CC(N)C12OCCO2. The van der Waals surface area contributed by atoms with E-state index in [2.05, 4.69) is 15.3 Å². The molecular formula is C26H26F2N4O4. The zero-order valence-electron chi connectivity index (χ0n) is 19.6. The summed E-state index contributed by atoms with van der Waals surface area (Å²) in [5.74, 6) is -3.59. The number of aromatic hydroxyl groups is 1. The van der Waals surface area contributed by atoms with Gasteiger partial charge in [-0.15, -0.1) is 0 Å². The van der Waals surface area contributed by atoms with Gasteiger partial charge in [-0.05, 0) is 54.7 Å². The van der Waals surface area contributed by atoms with Gasteiger partial charge in [-0.3, -0.25) is 9.78 Å². The fraction of sp³-hybridized carbons (Fsp3) is 0.346. The van der Waals surface area contributed by atoms with Crippen LogP contribution in [0.15, 0.2) is 48.8 Å². The van der Waals surface area contributed by atoms with Crippen LogP contribution in [0.4, 0.5) is 14.5 Å². The van der Waals surface area contributed by atoms with Crippen LogP contribution in [-0.2, 0) is 9.47 Å². The highest BCUT2D eigenvalue weighted by Gasteiger charge is 2.51. The molecule has 1 aliphatic carbocycles. The Morgan fingerprint density at radius 3 is 2.64 bits per heavy atom. The summed E-state index contributed by atoms with van der Waals surface area (Å²) in [5.41, 5.74) is 6.79. The van der Waals surface area contributed by atoms with Crippen LogP contribution in [0, 0.1) is 17.6 Å². The molecule has 2 fully saturated rings. The summed E-state index contributed by atoms with van der Waals surface area (Å²) in [6.07, 6.45) is 4.49. The Hall–Kier alpha value is -3.47. The number of anilines is 1. The molecule has 1 amide bonds. The molecule has 1 aromatic carbocycles. The van der Waals surface area contributed by atoms with Crippen LogP contribution in [-0.4, -0.2) is 46.0 Å². The Kier molecular flexibility index (Phi) is 6.42. The molecule has 5 rings (SSSR count). The van der Waals surface area contributed by atoms with Crippen molar-refractivity contribution < 1.29 is 28.2 Å². The third-order valence-corrected chi connectivity index (χ3v) is 6.97. The molecule has 3 atom stereocenters. The van der Waals surface area contributed by atoms with E-state index in [4.69, 9.17) is 15.2 Å². The molecule has 2 aliphatic rings. The van der Waals surface area contributed by atoms with Gasteiger partial charge in [0.05, 0.1) is 36.7 Å². The van der Waals surface area contributed by atoms with E-state index in [1.807, 2.05) is 13.0 Å². The molecule has 8 nitrogen and oxygen atoms in total. The molecule has 188 valence electrons. The molecular weight excluding hydrogens is 470 g/mol. The predicted molar refractivity (Wildman–Crippen MR) is 127 cm³/mol. The van der Waals surface area contributed by atoms with Crippen LogP contribution in [0.5, 0.6) is 5.75 Å². The first-order valence-corrected chi connectivity index (χ1v) is 11.7. The summed E-state index contributed by atoms with van der Waals surface area (Å²) in [6.45, 7) is 3.06. The van der Waals surface area contributed by atoms with E-state index in [1.54, 1.807) is 6.20 Å². The number of nitrogens with one attached hydrogen (secondary N) is 1. The van der Waals surface area contributed by atoms with Gasteiger partial charge in [0.15, 0.2) is 5.79 Å². The zero-order chi connectivity index (χ0) is 25.4. The summed E-state index contributed by atoms with van der Waals surface area (Å²) in [7, 11) is 0. The van der Waals surface area contributed by atoms with Gasteiger partial charge in [0.2, 0.25) is 0 Å². The maximum atomic E-state index is 14.5. The van der Waals surface area contributed by atoms with Crippen LogP contribution in [0.2, 0.25) is 0 Å². The minimum Gasteiger partial charge on any atom is -0.507 e. The van der Waals surface area contributed by atoms with Crippen molar-refractivity contribution in [2.45, 2.75) is 37.5 Å². The van der Waals surface area contributed by atoms with Crippen molar-refractivity contribution in [3.05, 3.63) is 71.7 Å². The number of phenols is 1. The van der Waals surface area contributed by atoms with E-state index in [-0.39, 0.29) is 23.6 Å². The highest BCUT2D eigenvalue weighted by Crippen LogP contribution is 2.46. The Morgan fingerprint density at radius 2 is 1.92 bits per heavy atom. The number of ether oxygens (including phenoxy) is 2. The summed E-state index contributed by atoms with van der Waals surface area (Å²) >= 11 is 0. The monoisotopic (exact) mass is 496 g/mol. The summed E-state index contributed by atoms with van der Waals surface area (Å²) in [5, 5.41) is 12.8. The van der Waals surface area contributed by atoms with Crippen molar-refractivity contribution in [3.63, 3.8) is 0 Å². The van der Waals surface area contributed by atoms with Crippen molar-refractivity contribution in [2.24, 2.45) is 11.7 Å². The Morgan fingerprint density at radius 1 is 1.14 bits per heavy atom. The van der Waals surface area contributed by atoms with Crippen LogP contribution >= 0.6 is 0 Å². The maximum absolute atomic E-state index is 14.5. The number of hydrogen-bond acceptors (Lipinski definition) is 7. The Labute approximate surface area is 206 Å². The van der Waals surface area contributed by atoms with Crippen molar-refractivity contribution in [2.75, 3.05) is 18.5 Å². The van der Waals surface area contributed by atoms with Crippen molar-refractivity contribution >= 4 is 11.6 Å². The second-order valence-corrected chi connectivity index (χ2v) is 9.17. The number of phenolic OH excluding ortho intramolecular Hbond substituents is 1. The molecule has 1 saturated heterocycles. The average Bonchev–Trinajstić information content (AvgIpc) is 3.35. The molecule has 2 aromatic heterocycles. The molecule has 1 saturated carbocycles. The van der Waals surface area contributed by atoms with Crippen LogP contribution < -0.4 is 11.1 Å². The topological polar surface area (TPSA) is 120 Å². The molecule has 3 aromatic rings. The van der Waals surface area contributed by atoms with E-state index in [1.165, 1.54) is 24.4 Å². The number of amides is 1. The van der Waals surface area contributed by atoms with Crippen LogP contribution in [0.25, 0.3) is 11.3 Å². The van der Waals surface area contributed by atoms with Gasteiger partial charge in [-0.25, -0.2) is 13.8 Å². The fourth-order valence-corrected chi connectivity index (χ4v) is 5.26. The van der Waals surface area contributed by atoms with Gasteiger partial charge in [0, 0.05) is 12.1 Å². The number of rotatable bonds is 4. The minimum absolute atomic E-state index is 0.0128. The third kappa shape index (κ3) is 4.21. The average molecular weight is 497 g/mol. The highest BCUT2D eigenvalue weighted by molar-refractivity contribution is 6.03. The lowest BCUT2D eigenvalue weighted by atomic mass is 9.72. The Balaban J connectivity index is 1.41. The van der Waals surface area contributed by atoms with E-state index in [0.717, 1.165) is 24.1 Å². The van der Waals surface area contributed by atoms with Gasteiger partial charge in [0.1, 0.15) is 28.8 Å². The number of aromatic nitrogens is 2. The van der Waals surface area contributed by atoms with Crippen molar-refractivity contribution in [1.29, 1.82) is 0 Å². The minimum atomic E-state index is -0.871. The third-order valence-electron chi connectivity index (χ3n) is 6.97. The van der Waals surface area contributed by atoms with Gasteiger partial charge < -0.3 is 25.6 Å². The van der Waals surface area contributed by atoms with E-state index in [9.17, 15) is 18.7 Å². The summed E-state index contributed by atoms with van der Waals surface area (Å²) < 4.78 is 40.6. The predicted octanol–water partition coefficient (Wildman–Crippen LogP) is 3.96. The normalized spacial score (nSPS) is 23.1. The number of pyridine rings is 2. The van der Waals surface area contributed by atoms with Crippen LogP contribution in [0.3, 0.4) is 0 Å². The standard InChI is InChI=1S/C26H26F2N4O4/c1-14-11-15(12-22(29)26(14)35-9-10-36-26)16-7-8-30-13-20(16)32-25(34)19-6-5-18(28)24(31-19)23-17(27)3-2-4-21(23)33/h2-8,13-15,22,33H,9-12,29H2,1H3,(H,32,34). The lowest BCUT2D eigenvalue weighted by molar-refractivity contribution is -0.221. The second kappa shape index (κ2) is 9.53. The van der Waals surface area contributed by atoms with E-state index >= 15 is 0 Å². The van der Waals surface area contributed by atoms with Gasteiger partial charge >= 0.3 is 0 Å². The molecule has 0 radical (unpaired) electrons. The zero-order valence-corrected chi connectivity index (χ0v) is 19.6. The lowest BCUT2D eigenvalue weighted by Gasteiger charge is -2.45. The summed E-state index contributed by atoms with van der Waals surface area (Å²) in [6, 6.07) is 7.27. The van der Waals surface area contributed by atoms with E-state index in [0.29, 0.717) is 25.3 Å². The number of nitrogens with two attached hydrogens (primary N) is 1. The quantitative estimate of drug-likeness (QED) is 0.500. The molecule has 1 aliphatic heterocycles. The fourth-order valence-electron chi connectivity index (χ4n) is 5.26. The highest BCUT2D eigenvalue weighted by atomic mass is 19.1. The van der Waals surface area contributed by atoms with Crippen molar-refractivity contribution in [1.82, 2.24) is 9.97 Å². The molecule has 1 spiro atoms. The largest absolute Gasteiger partial charge is 0.507 e. The van der Waals surface area contributed by atoms with E-state index < -0.39 is 40.3 Å². The number of hydrogen-bond donors (Lipinski definition) is 3. The number of halogens is 2. The Bertz CT molecular complexity index is 1260. The molecule has 10 heteroatoms. The van der Waals surface area contributed by atoms with Gasteiger partial charge in [0.25, 0.3) is 5.91 Å². The van der Waals surface area contributed by atoms with Crippen molar-refractivity contribution in [3.8, 4) is 17.0 Å². The maximum Gasteiger partial charge on any atom is 0.274 e.